The third-order valence-corrected chi connectivity index (χ3v) is 4.68. The van der Waals surface area contributed by atoms with E-state index in [1.54, 1.807) is 16.8 Å². The lowest BCUT2D eigenvalue weighted by molar-refractivity contribution is 0.101. The summed E-state index contributed by atoms with van der Waals surface area (Å²) in [6.07, 6.45) is 0. The van der Waals surface area contributed by atoms with Crippen LogP contribution in [0.5, 0.6) is 0 Å². The van der Waals surface area contributed by atoms with Crippen LogP contribution in [0.4, 0.5) is 11.5 Å². The maximum absolute atomic E-state index is 11.4. The highest BCUT2D eigenvalue weighted by atomic mass is 35.5. The summed E-state index contributed by atoms with van der Waals surface area (Å²) >= 11 is 6.27. The van der Waals surface area contributed by atoms with Crippen molar-refractivity contribution in [3.8, 4) is 0 Å². The van der Waals surface area contributed by atoms with E-state index in [9.17, 15) is 4.79 Å². The van der Waals surface area contributed by atoms with Crippen LogP contribution in [0.3, 0.4) is 0 Å². The Morgan fingerprint density at radius 2 is 1.86 bits per heavy atom. The standard InChI is InChI=1S/C20H17ClN6O/c1-12(28)14-7-9-16(10-8-14)24-19-18-20(23-13(2)22-19)27(26-25-18)11-15-5-3-4-6-17(15)21/h3-10H,11H2,1-2H3,(H,22,23,24). The van der Waals surface area contributed by atoms with E-state index in [1.165, 1.54) is 6.92 Å². The van der Waals surface area contributed by atoms with Crippen LogP contribution >= 0.6 is 11.6 Å². The van der Waals surface area contributed by atoms with Gasteiger partial charge >= 0.3 is 0 Å². The summed E-state index contributed by atoms with van der Waals surface area (Å²) in [7, 11) is 0. The molecule has 0 aliphatic rings. The monoisotopic (exact) mass is 392 g/mol. The Labute approximate surface area is 166 Å². The molecule has 7 nitrogen and oxygen atoms in total. The highest BCUT2D eigenvalue weighted by Crippen LogP contribution is 2.24. The number of anilines is 2. The first-order valence-electron chi connectivity index (χ1n) is 8.70. The van der Waals surface area contributed by atoms with Crippen LogP contribution in [0.2, 0.25) is 5.02 Å². The Kier molecular flexibility index (Phi) is 4.75. The van der Waals surface area contributed by atoms with Crippen molar-refractivity contribution in [2.45, 2.75) is 20.4 Å². The van der Waals surface area contributed by atoms with Crippen molar-refractivity contribution < 1.29 is 4.79 Å². The zero-order valence-electron chi connectivity index (χ0n) is 15.3. The number of halogens is 1. The minimum atomic E-state index is 0.0225. The van der Waals surface area contributed by atoms with Gasteiger partial charge in [0.05, 0.1) is 6.54 Å². The number of Topliss-reactive ketones (excluding diaryl/α,β-unsaturated/α-hetero) is 1. The molecule has 0 spiro atoms. The summed E-state index contributed by atoms with van der Waals surface area (Å²) in [5.74, 6) is 1.18. The van der Waals surface area contributed by atoms with Gasteiger partial charge in [0.2, 0.25) is 0 Å². The number of hydrogen-bond donors (Lipinski definition) is 1. The molecular weight excluding hydrogens is 376 g/mol. The average Bonchev–Trinajstić information content (AvgIpc) is 3.07. The fraction of sp³-hybridized carbons (Fsp3) is 0.150. The number of rotatable bonds is 5. The molecule has 28 heavy (non-hydrogen) atoms. The largest absolute Gasteiger partial charge is 0.338 e. The van der Waals surface area contributed by atoms with E-state index in [1.807, 2.05) is 43.3 Å². The number of aryl methyl sites for hydroxylation is 1. The molecule has 2 aromatic carbocycles. The predicted octanol–water partition coefficient (Wildman–Crippen LogP) is 4.18. The molecule has 4 rings (SSSR count). The van der Waals surface area contributed by atoms with E-state index in [4.69, 9.17) is 11.6 Å². The van der Waals surface area contributed by atoms with Crippen molar-refractivity contribution in [1.29, 1.82) is 0 Å². The van der Waals surface area contributed by atoms with Gasteiger partial charge in [0.1, 0.15) is 5.82 Å². The summed E-state index contributed by atoms with van der Waals surface area (Å²) in [4.78, 5) is 20.4. The number of hydrogen-bond acceptors (Lipinski definition) is 6. The number of fused-ring (bicyclic) bond motifs is 1. The maximum atomic E-state index is 11.4. The molecule has 0 fully saturated rings. The van der Waals surface area contributed by atoms with Crippen LogP contribution in [0, 0.1) is 6.92 Å². The van der Waals surface area contributed by atoms with Crippen LogP contribution in [0.15, 0.2) is 48.5 Å². The SMILES string of the molecule is CC(=O)c1ccc(Nc2nc(C)nc3c2nnn3Cc2ccccc2Cl)cc1. The third-order valence-electron chi connectivity index (χ3n) is 4.31. The van der Waals surface area contributed by atoms with Crippen molar-refractivity contribution in [1.82, 2.24) is 25.0 Å². The fourth-order valence-electron chi connectivity index (χ4n) is 2.87. The number of ketones is 1. The molecule has 4 aromatic rings. The molecule has 2 aromatic heterocycles. The second-order valence-electron chi connectivity index (χ2n) is 6.39. The van der Waals surface area contributed by atoms with Gasteiger partial charge in [-0.25, -0.2) is 14.6 Å². The summed E-state index contributed by atoms with van der Waals surface area (Å²) < 4.78 is 1.70. The lowest BCUT2D eigenvalue weighted by atomic mass is 10.1. The molecule has 2 heterocycles. The van der Waals surface area contributed by atoms with Gasteiger partial charge in [-0.3, -0.25) is 4.79 Å². The van der Waals surface area contributed by atoms with E-state index in [0.29, 0.717) is 39.9 Å². The molecule has 0 saturated heterocycles. The van der Waals surface area contributed by atoms with Crippen molar-refractivity contribution in [3.63, 3.8) is 0 Å². The molecule has 0 atom stereocenters. The van der Waals surface area contributed by atoms with E-state index in [2.05, 4.69) is 25.6 Å². The van der Waals surface area contributed by atoms with Crippen LogP contribution in [0.1, 0.15) is 28.7 Å². The van der Waals surface area contributed by atoms with E-state index >= 15 is 0 Å². The summed E-state index contributed by atoms with van der Waals surface area (Å²) in [5, 5.41) is 12.4. The zero-order chi connectivity index (χ0) is 19.7. The summed E-state index contributed by atoms with van der Waals surface area (Å²) in [5.41, 5.74) is 3.57. The quantitative estimate of drug-likeness (QED) is 0.513. The number of carbonyl (C=O) groups is 1. The molecule has 0 radical (unpaired) electrons. The normalized spacial score (nSPS) is 11.0. The number of carbonyl (C=O) groups excluding carboxylic acids is 1. The van der Waals surface area contributed by atoms with Gasteiger partial charge in [0.15, 0.2) is 22.8 Å². The number of benzene rings is 2. The maximum Gasteiger partial charge on any atom is 0.184 e. The molecule has 0 saturated carbocycles. The minimum absolute atomic E-state index is 0.0225. The predicted molar refractivity (Wildman–Crippen MR) is 108 cm³/mol. The number of nitrogens with zero attached hydrogens (tertiary/aromatic N) is 5. The highest BCUT2D eigenvalue weighted by Gasteiger charge is 2.15. The van der Waals surface area contributed by atoms with Gasteiger partial charge in [-0.05, 0) is 49.7 Å². The Bertz CT molecular complexity index is 1170. The van der Waals surface area contributed by atoms with E-state index < -0.39 is 0 Å². The van der Waals surface area contributed by atoms with E-state index in [0.717, 1.165) is 11.3 Å². The second-order valence-corrected chi connectivity index (χ2v) is 6.80. The molecule has 140 valence electrons. The topological polar surface area (TPSA) is 85.6 Å². The van der Waals surface area contributed by atoms with Gasteiger partial charge in [0.25, 0.3) is 0 Å². The Hall–Kier alpha value is -3.32. The molecular formula is C20H17ClN6O. The Balaban J connectivity index is 1.69. The third kappa shape index (κ3) is 3.57. The van der Waals surface area contributed by atoms with E-state index in [-0.39, 0.29) is 5.78 Å². The van der Waals surface area contributed by atoms with Gasteiger partial charge in [-0.1, -0.05) is 35.0 Å². The first kappa shape index (κ1) is 18.1. The average molecular weight is 393 g/mol. The molecule has 0 aliphatic carbocycles. The van der Waals surface area contributed by atoms with Crippen molar-refractivity contribution in [2.75, 3.05) is 5.32 Å². The lowest BCUT2D eigenvalue weighted by Gasteiger charge is -2.08. The summed E-state index contributed by atoms with van der Waals surface area (Å²) in [6.45, 7) is 3.81. The lowest BCUT2D eigenvalue weighted by Crippen LogP contribution is -2.05. The highest BCUT2D eigenvalue weighted by molar-refractivity contribution is 6.31. The van der Waals surface area contributed by atoms with Gasteiger partial charge in [0, 0.05) is 16.3 Å². The Morgan fingerprint density at radius 3 is 2.57 bits per heavy atom. The van der Waals surface area contributed by atoms with Crippen LogP contribution < -0.4 is 5.32 Å². The molecule has 0 bridgehead atoms. The molecule has 1 N–H and O–H groups in total. The first-order valence-corrected chi connectivity index (χ1v) is 9.08. The zero-order valence-corrected chi connectivity index (χ0v) is 16.1. The molecule has 0 aliphatic heterocycles. The number of aromatic nitrogens is 5. The van der Waals surface area contributed by atoms with Gasteiger partial charge in [-0.15, -0.1) is 5.10 Å². The molecule has 8 heteroatoms. The smallest absolute Gasteiger partial charge is 0.184 e. The van der Waals surface area contributed by atoms with Crippen LogP contribution in [0.25, 0.3) is 11.2 Å². The fourth-order valence-corrected chi connectivity index (χ4v) is 3.07. The van der Waals surface area contributed by atoms with Crippen LogP contribution in [-0.2, 0) is 6.54 Å². The van der Waals surface area contributed by atoms with Crippen molar-refractivity contribution in [3.05, 3.63) is 70.5 Å². The van der Waals surface area contributed by atoms with Crippen LogP contribution in [-0.4, -0.2) is 30.7 Å². The molecule has 0 unspecified atom stereocenters. The van der Waals surface area contributed by atoms with Gasteiger partial charge in [-0.2, -0.15) is 0 Å². The molecule has 0 amide bonds. The summed E-state index contributed by atoms with van der Waals surface area (Å²) in [6, 6.07) is 14.8. The Morgan fingerprint density at radius 1 is 1.11 bits per heavy atom. The van der Waals surface area contributed by atoms with Crippen molar-refractivity contribution in [2.24, 2.45) is 0 Å². The number of nitrogens with one attached hydrogen (secondary N) is 1. The van der Waals surface area contributed by atoms with Gasteiger partial charge < -0.3 is 5.32 Å². The first-order chi connectivity index (χ1) is 13.5. The van der Waals surface area contributed by atoms with Crippen molar-refractivity contribution >= 4 is 40.1 Å². The second kappa shape index (κ2) is 7.36. The minimum Gasteiger partial charge on any atom is -0.338 e.